The standard InChI is InChI=1S/C21H25FN2O5S/c1-4-23-30(27,28)18-10-9-15(3)19(12-18)21(26)29-14-20(25)24(5-2)13-16-7-6-8-17(22)11-16/h6-12,23H,4-5,13-14H2,1-3H3. The minimum Gasteiger partial charge on any atom is -0.452 e. The number of hydrogen-bond acceptors (Lipinski definition) is 5. The summed E-state index contributed by atoms with van der Waals surface area (Å²) in [6.45, 7) is 5.29. The van der Waals surface area contributed by atoms with Crippen LogP contribution in [0, 0.1) is 12.7 Å². The summed E-state index contributed by atoms with van der Waals surface area (Å²) in [5.74, 6) is -1.63. The fourth-order valence-corrected chi connectivity index (χ4v) is 3.86. The Morgan fingerprint density at radius 2 is 1.87 bits per heavy atom. The molecule has 1 N–H and O–H groups in total. The molecule has 2 aromatic rings. The predicted octanol–water partition coefficient (Wildman–Crippen LogP) is 2.64. The van der Waals surface area contributed by atoms with Crippen LogP contribution in [0.5, 0.6) is 0 Å². The second-order valence-electron chi connectivity index (χ2n) is 6.59. The SMILES string of the molecule is CCNS(=O)(=O)c1ccc(C)c(C(=O)OCC(=O)N(CC)Cc2cccc(F)c2)c1. The molecule has 1 amide bonds. The van der Waals surface area contributed by atoms with Gasteiger partial charge in [0, 0.05) is 19.6 Å². The highest BCUT2D eigenvalue weighted by molar-refractivity contribution is 7.89. The number of ether oxygens (including phenoxy) is 1. The molecule has 0 atom stereocenters. The van der Waals surface area contributed by atoms with Crippen LogP contribution in [0.25, 0.3) is 0 Å². The molecule has 2 aromatic carbocycles. The van der Waals surface area contributed by atoms with Gasteiger partial charge in [0.1, 0.15) is 5.82 Å². The highest BCUT2D eigenvalue weighted by Crippen LogP contribution is 2.17. The number of nitrogens with zero attached hydrogens (tertiary/aromatic N) is 1. The van der Waals surface area contributed by atoms with Crippen molar-refractivity contribution in [2.24, 2.45) is 0 Å². The lowest BCUT2D eigenvalue weighted by Crippen LogP contribution is -2.34. The van der Waals surface area contributed by atoms with Gasteiger partial charge in [0.15, 0.2) is 6.61 Å². The van der Waals surface area contributed by atoms with E-state index in [1.165, 1.54) is 35.2 Å². The Morgan fingerprint density at radius 3 is 2.50 bits per heavy atom. The van der Waals surface area contributed by atoms with E-state index in [4.69, 9.17) is 4.74 Å². The first-order chi connectivity index (χ1) is 14.2. The summed E-state index contributed by atoms with van der Waals surface area (Å²) in [5.41, 5.74) is 1.21. The van der Waals surface area contributed by atoms with Crippen molar-refractivity contribution >= 4 is 21.9 Å². The van der Waals surface area contributed by atoms with Gasteiger partial charge in [-0.3, -0.25) is 4.79 Å². The molecule has 7 nitrogen and oxygen atoms in total. The van der Waals surface area contributed by atoms with Crippen LogP contribution in [0.15, 0.2) is 47.4 Å². The molecule has 0 heterocycles. The van der Waals surface area contributed by atoms with Crippen molar-refractivity contribution in [3.05, 3.63) is 65.0 Å². The van der Waals surface area contributed by atoms with Crippen molar-refractivity contribution in [1.29, 1.82) is 0 Å². The minimum absolute atomic E-state index is 0.0606. The Balaban J connectivity index is 2.07. The van der Waals surface area contributed by atoms with Crippen molar-refractivity contribution in [3.63, 3.8) is 0 Å². The van der Waals surface area contributed by atoms with E-state index in [-0.39, 0.29) is 23.5 Å². The smallest absolute Gasteiger partial charge is 0.338 e. The number of benzene rings is 2. The maximum absolute atomic E-state index is 13.3. The molecule has 2 rings (SSSR count). The fraction of sp³-hybridized carbons (Fsp3) is 0.333. The first kappa shape index (κ1) is 23.5. The summed E-state index contributed by atoms with van der Waals surface area (Å²) in [5, 5.41) is 0. The molecule has 0 unspecified atom stereocenters. The zero-order chi connectivity index (χ0) is 22.3. The molecule has 0 aliphatic heterocycles. The highest BCUT2D eigenvalue weighted by Gasteiger charge is 2.20. The fourth-order valence-electron chi connectivity index (χ4n) is 2.79. The first-order valence-electron chi connectivity index (χ1n) is 9.47. The highest BCUT2D eigenvalue weighted by atomic mass is 32.2. The van der Waals surface area contributed by atoms with E-state index in [2.05, 4.69) is 4.72 Å². The second-order valence-corrected chi connectivity index (χ2v) is 8.36. The number of esters is 1. The van der Waals surface area contributed by atoms with Gasteiger partial charge in [-0.1, -0.05) is 25.1 Å². The van der Waals surface area contributed by atoms with Crippen LogP contribution >= 0.6 is 0 Å². The van der Waals surface area contributed by atoms with E-state index < -0.39 is 34.3 Å². The lowest BCUT2D eigenvalue weighted by Gasteiger charge is -2.21. The van der Waals surface area contributed by atoms with Crippen LogP contribution < -0.4 is 4.72 Å². The number of carbonyl (C=O) groups excluding carboxylic acids is 2. The quantitative estimate of drug-likeness (QED) is 0.610. The lowest BCUT2D eigenvalue weighted by atomic mass is 10.1. The van der Waals surface area contributed by atoms with Gasteiger partial charge in [-0.25, -0.2) is 22.3 Å². The normalized spacial score (nSPS) is 11.2. The third kappa shape index (κ3) is 6.11. The van der Waals surface area contributed by atoms with Crippen LogP contribution in [0.4, 0.5) is 4.39 Å². The number of likely N-dealkylation sites (N-methyl/N-ethyl adjacent to an activating group) is 1. The summed E-state index contributed by atoms with van der Waals surface area (Å²) >= 11 is 0. The summed E-state index contributed by atoms with van der Waals surface area (Å²) in [7, 11) is -3.73. The Kier molecular flexibility index (Phi) is 8.08. The summed E-state index contributed by atoms with van der Waals surface area (Å²) in [4.78, 5) is 26.3. The van der Waals surface area contributed by atoms with Crippen LogP contribution in [0.2, 0.25) is 0 Å². The van der Waals surface area contributed by atoms with Gasteiger partial charge in [0.25, 0.3) is 5.91 Å². The molecule has 9 heteroatoms. The minimum atomic E-state index is -3.73. The van der Waals surface area contributed by atoms with Gasteiger partial charge in [0.05, 0.1) is 10.5 Å². The van der Waals surface area contributed by atoms with Gasteiger partial charge >= 0.3 is 5.97 Å². The molecule has 0 radical (unpaired) electrons. The molecule has 0 aromatic heterocycles. The predicted molar refractivity (Wildman–Crippen MR) is 110 cm³/mol. The van der Waals surface area contributed by atoms with Crippen molar-refractivity contribution in [2.75, 3.05) is 19.7 Å². The number of aryl methyl sites for hydroxylation is 1. The number of rotatable bonds is 9. The van der Waals surface area contributed by atoms with E-state index >= 15 is 0 Å². The van der Waals surface area contributed by atoms with Crippen LogP contribution in [0.3, 0.4) is 0 Å². The van der Waals surface area contributed by atoms with Gasteiger partial charge in [-0.2, -0.15) is 0 Å². The number of halogens is 1. The topological polar surface area (TPSA) is 92.8 Å². The average Bonchev–Trinajstić information content (AvgIpc) is 2.70. The maximum atomic E-state index is 13.3. The Morgan fingerprint density at radius 1 is 1.13 bits per heavy atom. The number of nitrogens with one attached hydrogen (secondary N) is 1. The van der Waals surface area contributed by atoms with E-state index in [1.54, 1.807) is 32.9 Å². The third-order valence-electron chi connectivity index (χ3n) is 4.40. The lowest BCUT2D eigenvalue weighted by molar-refractivity contribution is -0.134. The van der Waals surface area contributed by atoms with Gasteiger partial charge in [0.2, 0.25) is 10.0 Å². The summed E-state index contributed by atoms with van der Waals surface area (Å²) in [6, 6.07) is 10.0. The van der Waals surface area contributed by atoms with E-state index in [1.807, 2.05) is 0 Å². The zero-order valence-electron chi connectivity index (χ0n) is 17.1. The van der Waals surface area contributed by atoms with E-state index in [0.29, 0.717) is 17.7 Å². The van der Waals surface area contributed by atoms with Gasteiger partial charge in [-0.15, -0.1) is 0 Å². The molecule has 0 aliphatic rings. The molecule has 162 valence electrons. The summed E-state index contributed by atoms with van der Waals surface area (Å²) in [6.07, 6.45) is 0. The summed E-state index contributed by atoms with van der Waals surface area (Å²) < 4.78 is 45.1. The molecular weight excluding hydrogens is 411 g/mol. The first-order valence-corrected chi connectivity index (χ1v) is 11.0. The average molecular weight is 437 g/mol. The Hall–Kier alpha value is -2.78. The van der Waals surface area contributed by atoms with Crippen molar-refractivity contribution in [2.45, 2.75) is 32.2 Å². The molecule has 0 spiro atoms. The molecular formula is C21H25FN2O5S. The van der Waals surface area contributed by atoms with Gasteiger partial charge < -0.3 is 9.64 Å². The maximum Gasteiger partial charge on any atom is 0.338 e. The number of amides is 1. The number of carbonyl (C=O) groups is 2. The largest absolute Gasteiger partial charge is 0.452 e. The van der Waals surface area contributed by atoms with Gasteiger partial charge in [-0.05, 0) is 49.2 Å². The molecule has 0 saturated carbocycles. The van der Waals surface area contributed by atoms with Crippen molar-refractivity contribution in [1.82, 2.24) is 9.62 Å². The molecule has 30 heavy (non-hydrogen) atoms. The Bertz CT molecular complexity index is 1020. The zero-order valence-corrected chi connectivity index (χ0v) is 18.0. The molecule has 0 bridgehead atoms. The third-order valence-corrected chi connectivity index (χ3v) is 5.94. The second kappa shape index (κ2) is 10.3. The van der Waals surface area contributed by atoms with E-state index in [9.17, 15) is 22.4 Å². The van der Waals surface area contributed by atoms with Crippen LogP contribution in [0.1, 0.15) is 35.3 Å². The molecule has 0 saturated heterocycles. The Labute approximate surface area is 175 Å². The molecule has 0 aliphatic carbocycles. The van der Waals surface area contributed by atoms with Crippen LogP contribution in [-0.4, -0.2) is 44.9 Å². The van der Waals surface area contributed by atoms with Crippen LogP contribution in [-0.2, 0) is 26.1 Å². The number of sulfonamides is 1. The number of hydrogen-bond donors (Lipinski definition) is 1. The van der Waals surface area contributed by atoms with Crippen molar-refractivity contribution < 1.29 is 27.1 Å². The van der Waals surface area contributed by atoms with E-state index in [0.717, 1.165) is 0 Å². The molecule has 0 fully saturated rings. The van der Waals surface area contributed by atoms with Crippen molar-refractivity contribution in [3.8, 4) is 0 Å². The monoisotopic (exact) mass is 436 g/mol.